The highest BCUT2D eigenvalue weighted by Crippen LogP contribution is 2.39. The van der Waals surface area contributed by atoms with E-state index in [1.54, 1.807) is 6.20 Å². The van der Waals surface area contributed by atoms with Crippen molar-refractivity contribution < 1.29 is 14.4 Å². The van der Waals surface area contributed by atoms with Crippen molar-refractivity contribution in [3.63, 3.8) is 0 Å². The Morgan fingerprint density at radius 2 is 2.08 bits per heavy atom. The highest BCUT2D eigenvalue weighted by atomic mass is 31.2. The minimum atomic E-state index is -3.92. The molecule has 1 aromatic heterocycles. The maximum Gasteiger partial charge on any atom is 0.325 e. The van der Waals surface area contributed by atoms with Crippen LogP contribution in [0.2, 0.25) is 0 Å². The number of aromatic nitrogens is 1. The van der Waals surface area contributed by atoms with Gasteiger partial charge in [0.2, 0.25) is 0 Å². The molecule has 0 radical (unpaired) electrons. The molecule has 132 valence electrons. The van der Waals surface area contributed by atoms with Crippen LogP contribution in [0.25, 0.3) is 10.9 Å². The lowest BCUT2D eigenvalue weighted by Gasteiger charge is -2.34. The van der Waals surface area contributed by atoms with Crippen LogP contribution in [0.1, 0.15) is 30.4 Å². The van der Waals surface area contributed by atoms with E-state index in [0.29, 0.717) is 17.9 Å². The van der Waals surface area contributed by atoms with Crippen LogP contribution < -0.4 is 4.90 Å². The van der Waals surface area contributed by atoms with Crippen LogP contribution in [0.4, 0.5) is 5.69 Å². The van der Waals surface area contributed by atoms with E-state index in [-0.39, 0.29) is 6.16 Å². The van der Waals surface area contributed by atoms with E-state index in [2.05, 4.69) is 16.0 Å². The summed E-state index contributed by atoms with van der Waals surface area (Å²) in [6, 6.07) is 8.32. The average molecular weight is 359 g/mol. The molecule has 6 nitrogen and oxygen atoms in total. The van der Waals surface area contributed by atoms with Crippen molar-refractivity contribution in [1.82, 2.24) is 4.98 Å². The zero-order chi connectivity index (χ0) is 18.0. The molecule has 7 heteroatoms. The van der Waals surface area contributed by atoms with E-state index in [1.165, 1.54) is 0 Å². The van der Waals surface area contributed by atoms with Crippen LogP contribution >= 0.6 is 7.60 Å². The Morgan fingerprint density at radius 3 is 2.72 bits per heavy atom. The zero-order valence-corrected chi connectivity index (χ0v) is 15.1. The lowest BCUT2D eigenvalue weighted by molar-refractivity contribution is 0.350. The smallest absolute Gasteiger partial charge is 0.325 e. The molecule has 0 spiro atoms. The number of hydrogen-bond donors (Lipinski definition) is 2. The first kappa shape index (κ1) is 17.9. The first-order chi connectivity index (χ1) is 11.9. The summed E-state index contributed by atoms with van der Waals surface area (Å²) in [4.78, 5) is 24.7. The van der Waals surface area contributed by atoms with Gasteiger partial charge in [0.15, 0.2) is 0 Å². The van der Waals surface area contributed by atoms with Crippen LogP contribution in [0.5, 0.6) is 0 Å². The molecule has 1 aliphatic rings. The molecule has 0 unspecified atom stereocenters. The first-order valence-corrected chi connectivity index (χ1v) is 10.3. The molecule has 0 amide bonds. The third-order valence-corrected chi connectivity index (χ3v) is 5.72. The van der Waals surface area contributed by atoms with E-state index in [4.69, 9.17) is 9.79 Å². The van der Waals surface area contributed by atoms with Crippen molar-refractivity contribution in [2.24, 2.45) is 5.92 Å². The summed E-state index contributed by atoms with van der Waals surface area (Å²) in [6.07, 6.45) is 3.90. The standard InChI is InChI=1S/C18H22N3O3P/c1-13-2-3-16-17(10-13)20-12-15(11-19)18(16)21-7-4-14(5-8-21)6-9-25(22,23)24/h2-3,10,12,14H,4-9H2,1H3,(H2,22,23,24). The van der Waals surface area contributed by atoms with Crippen molar-refractivity contribution in [2.45, 2.75) is 26.2 Å². The number of benzene rings is 1. The fraction of sp³-hybridized carbons (Fsp3) is 0.444. The zero-order valence-electron chi connectivity index (χ0n) is 14.2. The molecule has 1 saturated heterocycles. The van der Waals surface area contributed by atoms with Gasteiger partial charge in [-0.15, -0.1) is 0 Å². The van der Waals surface area contributed by atoms with Gasteiger partial charge in [-0.2, -0.15) is 5.26 Å². The third kappa shape index (κ3) is 4.19. The first-order valence-electron chi connectivity index (χ1n) is 8.46. The molecular formula is C18H22N3O3P. The maximum absolute atomic E-state index is 11.1. The predicted octanol–water partition coefficient (Wildman–Crippen LogP) is 3.20. The monoisotopic (exact) mass is 359 g/mol. The number of pyridine rings is 1. The van der Waals surface area contributed by atoms with Crippen molar-refractivity contribution in [3.8, 4) is 6.07 Å². The summed E-state index contributed by atoms with van der Waals surface area (Å²) in [5, 5.41) is 10.5. The van der Waals surface area contributed by atoms with E-state index >= 15 is 0 Å². The molecule has 0 atom stereocenters. The molecule has 1 fully saturated rings. The van der Waals surface area contributed by atoms with E-state index in [9.17, 15) is 9.83 Å². The van der Waals surface area contributed by atoms with E-state index < -0.39 is 7.60 Å². The van der Waals surface area contributed by atoms with Gasteiger partial charge in [0, 0.05) is 24.7 Å². The molecule has 0 aliphatic carbocycles. The van der Waals surface area contributed by atoms with Crippen LogP contribution in [0.15, 0.2) is 24.4 Å². The molecule has 2 N–H and O–H groups in total. The van der Waals surface area contributed by atoms with Crippen LogP contribution in [-0.4, -0.2) is 34.0 Å². The van der Waals surface area contributed by atoms with Gasteiger partial charge in [-0.25, -0.2) is 0 Å². The summed E-state index contributed by atoms with van der Waals surface area (Å²) in [6.45, 7) is 3.59. The summed E-state index contributed by atoms with van der Waals surface area (Å²) < 4.78 is 11.1. The molecule has 1 aliphatic heterocycles. The number of hydrogen-bond acceptors (Lipinski definition) is 4. The molecule has 3 rings (SSSR count). The van der Waals surface area contributed by atoms with E-state index in [1.807, 2.05) is 25.1 Å². The molecule has 1 aromatic carbocycles. The number of nitriles is 1. The summed E-state index contributed by atoms with van der Waals surface area (Å²) in [5.41, 5.74) is 3.52. The Labute approximate surface area is 147 Å². The van der Waals surface area contributed by atoms with Gasteiger partial charge in [0.1, 0.15) is 6.07 Å². The summed E-state index contributed by atoms with van der Waals surface area (Å²) in [7, 11) is -3.92. The Hall–Kier alpha value is -1.93. The molecule has 0 bridgehead atoms. The number of fused-ring (bicyclic) bond motifs is 1. The van der Waals surface area contributed by atoms with E-state index in [0.717, 1.165) is 48.1 Å². The minimum absolute atomic E-state index is 0.0431. The summed E-state index contributed by atoms with van der Waals surface area (Å²) >= 11 is 0. The fourth-order valence-electron chi connectivity index (χ4n) is 3.51. The van der Waals surface area contributed by atoms with Gasteiger partial charge in [0.25, 0.3) is 0 Å². The average Bonchev–Trinajstić information content (AvgIpc) is 2.58. The Morgan fingerprint density at radius 1 is 1.36 bits per heavy atom. The van der Waals surface area contributed by atoms with Crippen molar-refractivity contribution in [1.29, 1.82) is 5.26 Å². The fourth-order valence-corrected chi connectivity index (χ4v) is 4.21. The third-order valence-electron chi connectivity index (χ3n) is 4.88. The maximum atomic E-state index is 11.1. The SMILES string of the molecule is Cc1ccc2c(N3CCC(CCP(=O)(O)O)CC3)c(C#N)cnc2c1. The second kappa shape index (κ2) is 7.13. The van der Waals surface area contributed by atoms with Crippen molar-refractivity contribution in [3.05, 3.63) is 35.5 Å². The van der Waals surface area contributed by atoms with Gasteiger partial charge in [-0.05, 0) is 43.7 Å². The number of aryl methyl sites for hydroxylation is 1. The second-order valence-corrected chi connectivity index (χ2v) is 8.54. The molecule has 25 heavy (non-hydrogen) atoms. The van der Waals surface area contributed by atoms with Crippen LogP contribution in [0, 0.1) is 24.2 Å². The molecule has 2 aromatic rings. The second-order valence-electron chi connectivity index (χ2n) is 6.76. The molecule has 0 saturated carbocycles. The largest absolute Gasteiger partial charge is 0.370 e. The van der Waals surface area contributed by atoms with Crippen molar-refractivity contribution >= 4 is 24.2 Å². The van der Waals surface area contributed by atoms with Gasteiger partial charge < -0.3 is 14.7 Å². The Balaban J connectivity index is 1.81. The number of anilines is 1. The van der Waals surface area contributed by atoms with Crippen molar-refractivity contribution in [2.75, 3.05) is 24.2 Å². The topological polar surface area (TPSA) is 97.5 Å². The highest BCUT2D eigenvalue weighted by molar-refractivity contribution is 7.51. The lowest BCUT2D eigenvalue weighted by atomic mass is 9.93. The Kier molecular flexibility index (Phi) is 5.10. The van der Waals surface area contributed by atoms with Gasteiger partial charge in [-0.3, -0.25) is 9.55 Å². The van der Waals surface area contributed by atoms with Crippen LogP contribution in [0.3, 0.4) is 0 Å². The van der Waals surface area contributed by atoms with Gasteiger partial charge in [-0.1, -0.05) is 12.1 Å². The Bertz CT molecular complexity index is 864. The van der Waals surface area contributed by atoms with Gasteiger partial charge in [0.05, 0.1) is 22.9 Å². The lowest BCUT2D eigenvalue weighted by Crippen LogP contribution is -2.34. The molecule has 2 heterocycles. The number of rotatable bonds is 4. The predicted molar refractivity (Wildman–Crippen MR) is 97.7 cm³/mol. The van der Waals surface area contributed by atoms with Gasteiger partial charge >= 0.3 is 7.60 Å². The normalized spacial score (nSPS) is 16.2. The van der Waals surface area contributed by atoms with Crippen LogP contribution in [-0.2, 0) is 4.57 Å². The minimum Gasteiger partial charge on any atom is -0.370 e. The number of nitrogens with zero attached hydrogens (tertiary/aromatic N) is 3. The summed E-state index contributed by atoms with van der Waals surface area (Å²) in [5.74, 6) is 0.324. The number of piperidine rings is 1. The highest BCUT2D eigenvalue weighted by Gasteiger charge is 2.25. The molecular weight excluding hydrogens is 337 g/mol. The quantitative estimate of drug-likeness (QED) is 0.814.